The van der Waals surface area contributed by atoms with Crippen LogP contribution < -0.4 is 9.80 Å². The standard InChI is InChI=1S/C26H20N2S2/c1-27-19-7-3-5-9-23(19)29-25-15-17(11-13-21(25)27)18-12-14-22-26(16-18)30-24-10-6-4-8-20(24)28(22)2/h3-16H,1-2H3. The number of fused-ring (bicyclic) bond motifs is 4. The smallest absolute Gasteiger partial charge is 0.0550 e. The first-order valence-electron chi connectivity index (χ1n) is 9.99. The molecule has 0 saturated carbocycles. The number of anilines is 4. The molecule has 0 bridgehead atoms. The van der Waals surface area contributed by atoms with Crippen LogP contribution in [0.2, 0.25) is 0 Å². The molecule has 146 valence electrons. The lowest BCUT2D eigenvalue weighted by Gasteiger charge is -2.30. The molecule has 0 saturated heterocycles. The van der Waals surface area contributed by atoms with Crippen LogP contribution in [0.4, 0.5) is 22.7 Å². The second-order valence-electron chi connectivity index (χ2n) is 7.62. The minimum atomic E-state index is 1.26. The van der Waals surface area contributed by atoms with Crippen molar-refractivity contribution in [3.05, 3.63) is 84.9 Å². The van der Waals surface area contributed by atoms with Crippen LogP contribution in [0.1, 0.15) is 0 Å². The Hall–Kier alpha value is -2.82. The zero-order valence-electron chi connectivity index (χ0n) is 16.8. The molecular formula is C26H20N2S2. The predicted octanol–water partition coefficient (Wildman–Crippen LogP) is 7.82. The summed E-state index contributed by atoms with van der Waals surface area (Å²) in [5, 5.41) is 0. The van der Waals surface area contributed by atoms with E-state index >= 15 is 0 Å². The summed E-state index contributed by atoms with van der Waals surface area (Å²) in [7, 11) is 4.31. The van der Waals surface area contributed by atoms with Crippen LogP contribution in [-0.2, 0) is 0 Å². The van der Waals surface area contributed by atoms with E-state index in [1.807, 2.05) is 23.5 Å². The highest BCUT2D eigenvalue weighted by atomic mass is 32.2. The Labute approximate surface area is 185 Å². The summed E-state index contributed by atoms with van der Waals surface area (Å²) >= 11 is 3.72. The first-order valence-corrected chi connectivity index (χ1v) is 11.6. The largest absolute Gasteiger partial charge is 0.343 e. The Balaban J connectivity index is 1.39. The van der Waals surface area contributed by atoms with E-state index in [0.717, 1.165) is 0 Å². The normalized spacial score (nSPS) is 13.9. The molecule has 0 aliphatic carbocycles. The minimum absolute atomic E-state index is 1.26. The van der Waals surface area contributed by atoms with E-state index in [9.17, 15) is 0 Å². The molecule has 0 unspecified atom stereocenters. The van der Waals surface area contributed by atoms with Gasteiger partial charge >= 0.3 is 0 Å². The van der Waals surface area contributed by atoms with Gasteiger partial charge in [-0.05, 0) is 59.7 Å². The summed E-state index contributed by atoms with van der Waals surface area (Å²) in [6, 6.07) is 30.9. The summed E-state index contributed by atoms with van der Waals surface area (Å²) in [6.45, 7) is 0. The van der Waals surface area contributed by atoms with Crippen LogP contribution in [0.5, 0.6) is 0 Å². The van der Waals surface area contributed by atoms with Gasteiger partial charge in [-0.25, -0.2) is 0 Å². The highest BCUT2D eigenvalue weighted by molar-refractivity contribution is 8.00. The molecule has 30 heavy (non-hydrogen) atoms. The first-order chi connectivity index (χ1) is 14.7. The van der Waals surface area contributed by atoms with Crippen molar-refractivity contribution in [1.82, 2.24) is 0 Å². The van der Waals surface area contributed by atoms with Gasteiger partial charge < -0.3 is 9.80 Å². The van der Waals surface area contributed by atoms with Gasteiger partial charge in [-0.2, -0.15) is 0 Å². The maximum atomic E-state index is 2.33. The summed E-state index contributed by atoms with van der Waals surface area (Å²) in [5.41, 5.74) is 7.61. The molecule has 0 fully saturated rings. The molecule has 2 aliphatic rings. The molecule has 2 aliphatic heterocycles. The average Bonchev–Trinajstić information content (AvgIpc) is 2.79. The minimum Gasteiger partial charge on any atom is -0.343 e. The number of rotatable bonds is 1. The fourth-order valence-corrected chi connectivity index (χ4v) is 6.62. The van der Waals surface area contributed by atoms with Crippen LogP contribution in [0.3, 0.4) is 0 Å². The molecule has 4 heteroatoms. The van der Waals surface area contributed by atoms with Gasteiger partial charge in [0.1, 0.15) is 0 Å². The fraction of sp³-hybridized carbons (Fsp3) is 0.0769. The number of hydrogen-bond acceptors (Lipinski definition) is 4. The van der Waals surface area contributed by atoms with E-state index < -0.39 is 0 Å². The SMILES string of the molecule is CN1c2ccccc2Sc2cc(-c3ccc4c(c3)Sc3ccccc3N4C)ccc21. The van der Waals surface area contributed by atoms with Gasteiger partial charge in [-0.3, -0.25) is 0 Å². The van der Waals surface area contributed by atoms with Gasteiger partial charge in [-0.15, -0.1) is 0 Å². The molecule has 4 aromatic rings. The van der Waals surface area contributed by atoms with Gasteiger partial charge in [0.2, 0.25) is 0 Å². The zero-order chi connectivity index (χ0) is 20.2. The molecule has 2 heterocycles. The van der Waals surface area contributed by atoms with Crippen molar-refractivity contribution in [3.8, 4) is 11.1 Å². The number of hydrogen-bond donors (Lipinski definition) is 0. The third-order valence-electron chi connectivity index (χ3n) is 5.87. The van der Waals surface area contributed by atoms with E-state index in [-0.39, 0.29) is 0 Å². The fourth-order valence-electron chi connectivity index (χ4n) is 4.24. The van der Waals surface area contributed by atoms with Crippen molar-refractivity contribution in [2.45, 2.75) is 19.6 Å². The van der Waals surface area contributed by atoms with E-state index in [1.54, 1.807) is 0 Å². The lowest BCUT2D eigenvalue weighted by atomic mass is 10.0. The van der Waals surface area contributed by atoms with Crippen LogP contribution in [0.25, 0.3) is 11.1 Å². The molecule has 0 N–H and O–H groups in total. The van der Waals surface area contributed by atoms with E-state index in [0.29, 0.717) is 0 Å². The van der Waals surface area contributed by atoms with Crippen molar-refractivity contribution >= 4 is 46.3 Å². The van der Waals surface area contributed by atoms with E-state index in [4.69, 9.17) is 0 Å². The van der Waals surface area contributed by atoms with Crippen LogP contribution >= 0.6 is 23.5 Å². The third-order valence-corrected chi connectivity index (χ3v) is 8.09. The number of benzene rings is 4. The Morgan fingerprint density at radius 1 is 0.467 bits per heavy atom. The van der Waals surface area contributed by atoms with Gasteiger partial charge in [0.25, 0.3) is 0 Å². The topological polar surface area (TPSA) is 6.48 Å². The lowest BCUT2D eigenvalue weighted by Crippen LogP contribution is -2.14. The molecular weight excluding hydrogens is 404 g/mol. The van der Waals surface area contributed by atoms with Gasteiger partial charge in [0.05, 0.1) is 22.7 Å². The highest BCUT2D eigenvalue weighted by Crippen LogP contribution is 2.50. The van der Waals surface area contributed by atoms with Gasteiger partial charge in [0, 0.05) is 33.7 Å². The summed E-state index contributed by atoms with van der Waals surface area (Å²) < 4.78 is 0. The van der Waals surface area contributed by atoms with E-state index in [2.05, 4.69) is 109 Å². The second kappa shape index (κ2) is 6.86. The summed E-state index contributed by atoms with van der Waals surface area (Å²) in [6.07, 6.45) is 0. The van der Waals surface area contributed by atoms with Crippen molar-refractivity contribution in [2.24, 2.45) is 0 Å². The Morgan fingerprint density at radius 2 is 0.867 bits per heavy atom. The Kier molecular flexibility index (Phi) is 4.12. The Morgan fingerprint density at radius 3 is 1.33 bits per heavy atom. The monoisotopic (exact) mass is 424 g/mol. The van der Waals surface area contributed by atoms with E-state index in [1.165, 1.54) is 53.5 Å². The van der Waals surface area contributed by atoms with Gasteiger partial charge in [0.15, 0.2) is 0 Å². The zero-order valence-corrected chi connectivity index (χ0v) is 18.4. The lowest BCUT2D eigenvalue weighted by molar-refractivity contribution is 1.11. The van der Waals surface area contributed by atoms with Crippen LogP contribution in [0, 0.1) is 0 Å². The maximum Gasteiger partial charge on any atom is 0.0550 e. The molecule has 0 atom stereocenters. The van der Waals surface area contributed by atoms with Crippen molar-refractivity contribution in [1.29, 1.82) is 0 Å². The highest BCUT2D eigenvalue weighted by Gasteiger charge is 2.23. The van der Waals surface area contributed by atoms with Crippen LogP contribution in [0.15, 0.2) is 105 Å². The molecule has 4 aromatic carbocycles. The molecule has 2 nitrogen and oxygen atoms in total. The van der Waals surface area contributed by atoms with Gasteiger partial charge in [-0.1, -0.05) is 59.9 Å². The molecule has 0 aromatic heterocycles. The molecule has 0 radical (unpaired) electrons. The third kappa shape index (κ3) is 2.75. The predicted molar refractivity (Wildman–Crippen MR) is 129 cm³/mol. The van der Waals surface area contributed by atoms with Crippen molar-refractivity contribution in [3.63, 3.8) is 0 Å². The Bertz CT molecular complexity index is 1200. The van der Waals surface area contributed by atoms with Crippen LogP contribution in [-0.4, -0.2) is 14.1 Å². The number of nitrogens with zero attached hydrogens (tertiary/aromatic N) is 2. The molecule has 0 amide bonds. The second-order valence-corrected chi connectivity index (χ2v) is 9.79. The number of para-hydroxylation sites is 2. The summed E-state index contributed by atoms with van der Waals surface area (Å²) in [4.78, 5) is 9.81. The average molecular weight is 425 g/mol. The summed E-state index contributed by atoms with van der Waals surface area (Å²) in [5.74, 6) is 0. The van der Waals surface area contributed by atoms with Crippen molar-refractivity contribution in [2.75, 3.05) is 23.9 Å². The molecule has 6 rings (SSSR count). The molecule has 0 spiro atoms. The first kappa shape index (κ1) is 18.0. The van der Waals surface area contributed by atoms with Crippen molar-refractivity contribution < 1.29 is 0 Å². The quantitative estimate of drug-likeness (QED) is 0.307. The maximum absolute atomic E-state index is 2.33.